The van der Waals surface area contributed by atoms with Crippen LogP contribution in [0.25, 0.3) is 0 Å². The van der Waals surface area contributed by atoms with E-state index in [4.69, 9.17) is 4.74 Å². The lowest BCUT2D eigenvalue weighted by Crippen LogP contribution is -2.48. The molecule has 2 rings (SSSR count). The Balaban J connectivity index is 0.00000242. The number of ether oxygens (including phenoxy) is 2. The van der Waals surface area contributed by atoms with E-state index in [0.717, 1.165) is 6.54 Å². The number of nitrogens with one attached hydrogen (secondary N) is 2. The molecule has 2 N–H and O–H groups in total. The smallest absolute Gasteiger partial charge is 0.387 e. The molecule has 1 aliphatic rings. The first-order valence-electron chi connectivity index (χ1n) is 6.73. The summed E-state index contributed by atoms with van der Waals surface area (Å²) in [5.41, 5.74) is 0.685. The molecule has 0 aliphatic carbocycles. The molecule has 5 nitrogen and oxygen atoms in total. The lowest BCUT2D eigenvalue weighted by atomic mass is 10.1. The van der Waals surface area contributed by atoms with Crippen molar-refractivity contribution in [2.45, 2.75) is 25.7 Å². The van der Waals surface area contributed by atoms with Gasteiger partial charge in [0.2, 0.25) is 0 Å². The number of halogens is 3. The molecule has 22 heavy (non-hydrogen) atoms. The second-order valence-corrected chi connectivity index (χ2v) is 4.74. The number of carbonyl (C=O) groups is 1. The summed E-state index contributed by atoms with van der Waals surface area (Å²) in [6.45, 7) is 0.589. The van der Waals surface area contributed by atoms with E-state index < -0.39 is 12.7 Å². The molecular weight excluding hydrogens is 318 g/mol. The molecular formula is C14H19ClF2N2O3. The van der Waals surface area contributed by atoms with Crippen LogP contribution in [0.5, 0.6) is 5.75 Å². The number of alkyl halides is 2. The highest BCUT2D eigenvalue weighted by Gasteiger charge is 2.23. The average Bonchev–Trinajstić information content (AvgIpc) is 2.47. The van der Waals surface area contributed by atoms with Crippen LogP contribution in [0.3, 0.4) is 0 Å². The summed E-state index contributed by atoms with van der Waals surface area (Å²) in [5.74, 6) is -0.158. The maximum Gasteiger partial charge on any atom is 0.387 e. The van der Waals surface area contributed by atoms with Gasteiger partial charge in [-0.05, 0) is 24.6 Å². The summed E-state index contributed by atoms with van der Waals surface area (Å²) in [6.07, 6.45) is -0.526. The first kappa shape index (κ1) is 18.6. The molecule has 0 radical (unpaired) electrons. The zero-order valence-electron chi connectivity index (χ0n) is 12.1. The molecule has 0 bridgehead atoms. The molecule has 124 valence electrons. The lowest BCUT2D eigenvalue weighted by molar-refractivity contribution is -0.134. The van der Waals surface area contributed by atoms with E-state index in [1.54, 1.807) is 19.1 Å². The fourth-order valence-electron chi connectivity index (χ4n) is 2.08. The van der Waals surface area contributed by atoms with Gasteiger partial charge in [0.1, 0.15) is 11.9 Å². The first-order valence-corrected chi connectivity index (χ1v) is 6.73. The highest BCUT2D eigenvalue weighted by molar-refractivity contribution is 5.85. The third-order valence-corrected chi connectivity index (χ3v) is 3.16. The Bertz CT molecular complexity index is 485. The number of hydrogen-bond donors (Lipinski definition) is 2. The number of amides is 1. The van der Waals surface area contributed by atoms with Crippen molar-refractivity contribution in [2.75, 3.05) is 19.7 Å². The zero-order chi connectivity index (χ0) is 15.2. The van der Waals surface area contributed by atoms with Gasteiger partial charge >= 0.3 is 6.61 Å². The molecule has 0 saturated carbocycles. The van der Waals surface area contributed by atoms with Crippen LogP contribution < -0.4 is 15.4 Å². The van der Waals surface area contributed by atoms with Gasteiger partial charge in [0.15, 0.2) is 0 Å². The van der Waals surface area contributed by atoms with Crippen molar-refractivity contribution < 1.29 is 23.0 Å². The summed E-state index contributed by atoms with van der Waals surface area (Å²) in [7, 11) is 0. The van der Waals surface area contributed by atoms with Gasteiger partial charge in [0, 0.05) is 13.1 Å². The van der Waals surface area contributed by atoms with Crippen molar-refractivity contribution in [3.8, 4) is 5.75 Å². The highest BCUT2D eigenvalue weighted by atomic mass is 35.5. The fourth-order valence-corrected chi connectivity index (χ4v) is 2.08. The molecule has 2 unspecified atom stereocenters. The van der Waals surface area contributed by atoms with Gasteiger partial charge in [-0.2, -0.15) is 8.78 Å². The standard InChI is InChI=1S/C14H18F2N2O3.ClH/c1-9(18-13(19)12-8-17-5-6-20-12)10-3-2-4-11(7-10)21-14(15)16;/h2-4,7,9,12,14,17H,5-6,8H2,1H3,(H,18,19);1H. The van der Waals surface area contributed by atoms with Gasteiger partial charge in [-0.3, -0.25) is 4.79 Å². The molecule has 0 aromatic heterocycles. The Morgan fingerprint density at radius 3 is 2.91 bits per heavy atom. The Morgan fingerprint density at radius 2 is 2.27 bits per heavy atom. The van der Waals surface area contributed by atoms with E-state index in [9.17, 15) is 13.6 Å². The van der Waals surface area contributed by atoms with E-state index in [2.05, 4.69) is 15.4 Å². The second kappa shape index (κ2) is 8.87. The lowest BCUT2D eigenvalue weighted by Gasteiger charge is -2.24. The Labute approximate surface area is 133 Å². The largest absolute Gasteiger partial charge is 0.435 e. The molecule has 2 atom stereocenters. The molecule has 1 heterocycles. The Kier molecular flexibility index (Phi) is 7.50. The molecule has 1 aromatic rings. The molecule has 0 spiro atoms. The van der Waals surface area contributed by atoms with Crippen LogP contribution in [-0.2, 0) is 9.53 Å². The number of morpholine rings is 1. The van der Waals surface area contributed by atoms with E-state index in [0.29, 0.717) is 18.7 Å². The maximum atomic E-state index is 12.2. The topological polar surface area (TPSA) is 59.6 Å². The van der Waals surface area contributed by atoms with Crippen molar-refractivity contribution >= 4 is 18.3 Å². The summed E-state index contributed by atoms with van der Waals surface area (Å²) in [5, 5.41) is 5.87. The monoisotopic (exact) mass is 336 g/mol. The van der Waals surface area contributed by atoms with Gasteiger partial charge in [0.25, 0.3) is 5.91 Å². The van der Waals surface area contributed by atoms with E-state index >= 15 is 0 Å². The van der Waals surface area contributed by atoms with Gasteiger partial charge in [0.05, 0.1) is 12.6 Å². The van der Waals surface area contributed by atoms with E-state index in [1.807, 2.05) is 0 Å². The van der Waals surface area contributed by atoms with Crippen LogP contribution in [-0.4, -0.2) is 38.3 Å². The normalized spacial score (nSPS) is 19.2. The predicted molar refractivity (Wildman–Crippen MR) is 79.5 cm³/mol. The minimum atomic E-state index is -2.87. The quantitative estimate of drug-likeness (QED) is 0.862. The third kappa shape index (κ3) is 5.40. The maximum absolute atomic E-state index is 12.2. The summed E-state index contributed by atoms with van der Waals surface area (Å²) < 4.78 is 34.1. The summed E-state index contributed by atoms with van der Waals surface area (Å²) in [6, 6.07) is 5.94. The van der Waals surface area contributed by atoms with Gasteiger partial charge in [-0.15, -0.1) is 12.4 Å². The van der Waals surface area contributed by atoms with Gasteiger partial charge < -0.3 is 20.1 Å². The third-order valence-electron chi connectivity index (χ3n) is 3.16. The van der Waals surface area contributed by atoms with Gasteiger partial charge in [-0.25, -0.2) is 0 Å². The number of benzene rings is 1. The SMILES string of the molecule is CC(NC(=O)C1CNCCO1)c1cccc(OC(F)F)c1.Cl. The van der Waals surface area contributed by atoms with Crippen LogP contribution in [0, 0.1) is 0 Å². The summed E-state index contributed by atoms with van der Waals surface area (Å²) in [4.78, 5) is 12.0. The minimum Gasteiger partial charge on any atom is -0.435 e. The molecule has 1 aliphatic heterocycles. The number of hydrogen-bond acceptors (Lipinski definition) is 4. The number of rotatable bonds is 5. The van der Waals surface area contributed by atoms with Gasteiger partial charge in [-0.1, -0.05) is 12.1 Å². The Hall–Kier alpha value is -1.44. The summed E-state index contributed by atoms with van der Waals surface area (Å²) >= 11 is 0. The molecule has 1 fully saturated rings. The van der Waals surface area contributed by atoms with E-state index in [-0.39, 0.29) is 30.1 Å². The van der Waals surface area contributed by atoms with Crippen LogP contribution in [0.1, 0.15) is 18.5 Å². The van der Waals surface area contributed by atoms with Crippen molar-refractivity contribution in [2.24, 2.45) is 0 Å². The first-order chi connectivity index (χ1) is 10.1. The van der Waals surface area contributed by atoms with Crippen molar-refractivity contribution in [1.82, 2.24) is 10.6 Å². The van der Waals surface area contributed by atoms with Crippen LogP contribution in [0.4, 0.5) is 8.78 Å². The van der Waals surface area contributed by atoms with E-state index in [1.165, 1.54) is 12.1 Å². The molecule has 1 amide bonds. The second-order valence-electron chi connectivity index (χ2n) is 4.74. The number of carbonyl (C=O) groups excluding carboxylic acids is 1. The van der Waals surface area contributed by atoms with Crippen molar-refractivity contribution in [3.05, 3.63) is 29.8 Å². The molecule has 1 aromatic carbocycles. The zero-order valence-corrected chi connectivity index (χ0v) is 12.9. The predicted octanol–water partition coefficient (Wildman–Crippen LogP) is 1.88. The van der Waals surface area contributed by atoms with Crippen molar-refractivity contribution in [1.29, 1.82) is 0 Å². The van der Waals surface area contributed by atoms with Crippen LogP contribution in [0.15, 0.2) is 24.3 Å². The Morgan fingerprint density at radius 1 is 1.50 bits per heavy atom. The average molecular weight is 337 g/mol. The highest BCUT2D eigenvalue weighted by Crippen LogP contribution is 2.20. The van der Waals surface area contributed by atoms with Crippen LogP contribution in [0.2, 0.25) is 0 Å². The van der Waals surface area contributed by atoms with Crippen molar-refractivity contribution in [3.63, 3.8) is 0 Å². The molecule has 8 heteroatoms. The fraction of sp³-hybridized carbons (Fsp3) is 0.500. The van der Waals surface area contributed by atoms with Crippen LogP contribution >= 0.6 is 12.4 Å². The molecule has 1 saturated heterocycles. The minimum absolute atomic E-state index is 0.